The largest absolute Gasteiger partial charge is 0.460 e. The maximum Gasteiger partial charge on any atom is 0.384 e. The molecular weight excluding hydrogens is 1670 g/mol. The van der Waals surface area contributed by atoms with E-state index in [9.17, 15) is 9.59 Å². The number of alkyl halides is 1. The first kappa shape index (κ1) is 90.3. The monoisotopic (exact) mass is 1740 g/mol. The van der Waals surface area contributed by atoms with Crippen LogP contribution in [0.5, 0.6) is 57.5 Å². The maximum atomic E-state index is 11.5. The number of nitrogens with one attached hydrogen (secondary N) is 3. The van der Waals surface area contributed by atoms with Crippen LogP contribution in [0.15, 0.2) is 261 Å². The van der Waals surface area contributed by atoms with Crippen molar-refractivity contribution >= 4 is 139 Å². The Morgan fingerprint density at radius 2 is 0.883 bits per heavy atom. The molecule has 570 valence electrons. The van der Waals surface area contributed by atoms with E-state index in [0.717, 1.165) is 62.6 Å². The fourth-order valence-electron chi connectivity index (χ4n) is 8.10. The van der Waals surface area contributed by atoms with Gasteiger partial charge in [0.15, 0.2) is 11.6 Å². The lowest BCUT2D eigenvalue weighted by molar-refractivity contribution is -0.141. The molecule has 12 aromatic rings. The molecular formula is C82H73Cl5IN11O10S2. The molecule has 0 bridgehead atoms. The van der Waals surface area contributed by atoms with Crippen molar-refractivity contribution < 1.29 is 47.5 Å². The number of benzene rings is 10. The van der Waals surface area contributed by atoms with Crippen LogP contribution in [-0.2, 0) is 23.9 Å². The summed E-state index contributed by atoms with van der Waals surface area (Å²) in [7, 11) is 0. The highest BCUT2D eigenvalue weighted by atomic mass is 127. The first-order chi connectivity index (χ1) is 53.5. The number of terminal acetylenes is 1. The molecule has 2 aromatic heterocycles. The number of H-pyrrole nitrogens is 1. The van der Waals surface area contributed by atoms with Gasteiger partial charge < -0.3 is 38.9 Å². The van der Waals surface area contributed by atoms with Crippen molar-refractivity contribution in [3.05, 3.63) is 303 Å². The second-order valence-corrected chi connectivity index (χ2v) is 25.4. The fraction of sp³-hybridized carbons (Fsp3) is 0.0976. The first-order valence-electron chi connectivity index (χ1n) is 32.6. The molecule has 0 spiro atoms. The number of amides is 1. The number of rotatable bonds is 19. The Hall–Kier alpha value is -11.3. The van der Waals surface area contributed by atoms with Crippen LogP contribution < -0.4 is 40.7 Å². The van der Waals surface area contributed by atoms with Gasteiger partial charge in [-0.25, -0.2) is 30.1 Å². The van der Waals surface area contributed by atoms with E-state index in [1.54, 1.807) is 142 Å². The van der Waals surface area contributed by atoms with E-state index < -0.39 is 11.9 Å². The van der Waals surface area contributed by atoms with Crippen LogP contribution in [0, 0.1) is 29.1 Å². The molecule has 10 aromatic carbocycles. The number of carbonyl (C=O) groups is 3. The van der Waals surface area contributed by atoms with Crippen molar-refractivity contribution in [3.8, 4) is 98.7 Å². The Bertz CT molecular complexity index is 4890. The Morgan fingerprint density at radius 3 is 1.17 bits per heavy atom. The van der Waals surface area contributed by atoms with Crippen molar-refractivity contribution in [2.45, 2.75) is 39.9 Å². The Labute approximate surface area is 691 Å². The number of esters is 2. The molecule has 7 N–H and O–H groups in total. The first-order valence-corrected chi connectivity index (χ1v) is 38.3. The number of hydrazine groups is 1. The second-order valence-electron chi connectivity index (χ2n) is 22.0. The molecule has 111 heavy (non-hydrogen) atoms. The van der Waals surface area contributed by atoms with E-state index in [-0.39, 0.29) is 12.2 Å². The van der Waals surface area contributed by atoms with Crippen molar-refractivity contribution in [2.24, 2.45) is 11.6 Å². The zero-order valence-electron chi connectivity index (χ0n) is 60.2. The maximum absolute atomic E-state index is 11.5. The number of nitrogens with zero attached hydrogens (tertiary/aromatic N) is 6. The predicted molar refractivity (Wildman–Crippen MR) is 455 cm³/mol. The van der Waals surface area contributed by atoms with Gasteiger partial charge in [0.25, 0.3) is 0 Å². The predicted octanol–water partition coefficient (Wildman–Crippen LogP) is 21.6. The van der Waals surface area contributed by atoms with Gasteiger partial charge in [0, 0.05) is 65.6 Å². The molecule has 1 amide bonds. The topological polar surface area (TPSA) is 300 Å². The van der Waals surface area contributed by atoms with Gasteiger partial charge in [0.2, 0.25) is 6.41 Å². The van der Waals surface area contributed by atoms with Gasteiger partial charge in [-0.05, 0) is 282 Å². The number of hydrogen-bond acceptors (Lipinski definition) is 19. The minimum atomic E-state index is -0.597. The summed E-state index contributed by atoms with van der Waals surface area (Å²) in [5.41, 5.74) is 11.4. The van der Waals surface area contributed by atoms with Crippen molar-refractivity contribution in [3.63, 3.8) is 0 Å². The zero-order valence-corrected chi connectivity index (χ0v) is 67.8. The van der Waals surface area contributed by atoms with E-state index in [0.29, 0.717) is 75.9 Å². The molecule has 0 atom stereocenters. The minimum Gasteiger partial charge on any atom is -0.460 e. The van der Waals surface area contributed by atoms with E-state index in [2.05, 4.69) is 64.5 Å². The molecule has 12 rings (SSSR count). The van der Waals surface area contributed by atoms with Gasteiger partial charge in [0.1, 0.15) is 75.1 Å². The number of aromatic nitrogens is 6. The second kappa shape index (κ2) is 50.4. The van der Waals surface area contributed by atoms with Gasteiger partial charge >= 0.3 is 11.9 Å². The molecule has 0 aliphatic rings. The van der Waals surface area contributed by atoms with Gasteiger partial charge in [-0.2, -0.15) is 10.4 Å². The SMILES string of the molecule is C#CC(=O)OC(C)C.CC(C)OC(=O)/C=C\n1cnc(-c2ccc(Oc3ccc(Cl)cc3)cc2)n1.CI.CSC(=N)c1ccc(Oc2ccc(Cl)cc2)cc1.Clc1ccc(Oc2ccc(-c3ncn[nH]3)cc2)cc1.N#Cc1ccc(Oc2ccc(Cl)cc2)cc1.NC(=S)c1ccc(Oc2ccc(Cl)cc2)cc1.NNC=O. The summed E-state index contributed by atoms with van der Waals surface area (Å²) in [6, 6.07) is 74.6. The van der Waals surface area contributed by atoms with E-state index >= 15 is 0 Å². The third-order valence-corrected chi connectivity index (χ3v) is 15.2. The van der Waals surface area contributed by atoms with Gasteiger partial charge in [-0.1, -0.05) is 92.8 Å². The van der Waals surface area contributed by atoms with Crippen LogP contribution in [0.1, 0.15) is 44.4 Å². The number of aromatic amines is 1. The lowest BCUT2D eigenvalue weighted by Crippen LogP contribution is -2.18. The van der Waals surface area contributed by atoms with Crippen LogP contribution in [0.3, 0.4) is 0 Å². The number of halogens is 6. The lowest BCUT2D eigenvalue weighted by Gasteiger charge is -2.06. The summed E-state index contributed by atoms with van der Waals surface area (Å²) in [5.74, 6) is 13.8. The molecule has 0 radical (unpaired) electrons. The number of nitriles is 1. The third-order valence-electron chi connectivity index (χ3n) is 13.1. The Morgan fingerprint density at radius 1 is 0.559 bits per heavy atom. The van der Waals surface area contributed by atoms with Gasteiger partial charge in [0.05, 0.1) is 28.9 Å². The number of ether oxygens (including phenoxy) is 7. The highest BCUT2D eigenvalue weighted by Crippen LogP contribution is 2.30. The summed E-state index contributed by atoms with van der Waals surface area (Å²) >= 11 is 37.5. The molecule has 29 heteroatoms. The number of thiocarbonyl (C=S) groups is 1. The summed E-state index contributed by atoms with van der Waals surface area (Å²) in [5, 5.41) is 31.2. The molecule has 0 unspecified atom stereocenters. The number of carbonyl (C=O) groups excluding carboxylic acids is 3. The average Bonchev–Trinajstić information content (AvgIpc) is 1.82. The van der Waals surface area contributed by atoms with Crippen molar-refractivity contribution in [2.75, 3.05) is 11.2 Å². The molecule has 0 fully saturated rings. The molecule has 0 saturated carbocycles. The number of hydrogen-bond donors (Lipinski definition) is 5. The molecule has 0 saturated heterocycles. The summed E-state index contributed by atoms with van der Waals surface area (Å²) in [6.07, 6.45) is 12.5. The van der Waals surface area contributed by atoms with Crippen LogP contribution in [0.4, 0.5) is 0 Å². The van der Waals surface area contributed by atoms with Gasteiger partial charge in [-0.3, -0.25) is 20.7 Å². The molecule has 2 heterocycles. The molecule has 21 nitrogen and oxygen atoms in total. The lowest BCUT2D eigenvalue weighted by atomic mass is 10.2. The number of nitrogens with two attached hydrogens (primary N) is 2. The average molecular weight is 1740 g/mol. The standard InChI is InChI=1S/C20H18ClN3O3.C14H10ClN3O.C14H12ClNOS.C13H10ClNOS.C13H8ClNO.C6H8O2.CH3I.CH4N2O/c1-14(2)26-19(25)11-12-24-13-22-20(23-24)15-3-7-17(8-4-15)27-18-9-5-16(21)6-10-18;15-11-3-7-13(8-4-11)19-12-5-1-10(2-6-12)14-16-9-17-18-14;1-18-14(16)10-2-6-12(7-3-10)17-13-8-4-11(15)5-9-13;14-10-3-7-12(8-4-10)16-11-5-1-9(2-6-11)13(15)17;14-11-3-7-13(8-4-11)16-12-5-1-10(9-15)2-6-12;1-4-6(7)8-5(2)3;1-2;2-3-1-4/h3-14H,1-2H3;1-9H,(H,16,17,18);2-9,16H,1H3;1-8H,(H2,15,17);1-8H;1,5H,2-3H3;1H3;1H,2H2,(H,3,4)/b12-11-;;;;;;;. The van der Waals surface area contributed by atoms with Gasteiger partial charge in [-0.15, -0.1) is 23.3 Å². The van der Waals surface area contributed by atoms with Crippen molar-refractivity contribution in [1.82, 2.24) is 35.4 Å². The smallest absolute Gasteiger partial charge is 0.384 e. The Balaban J connectivity index is 0.000000240. The molecule has 0 aliphatic heterocycles. The highest BCUT2D eigenvalue weighted by molar-refractivity contribution is 14.1. The quantitative estimate of drug-likeness (QED) is 0.00401. The van der Waals surface area contributed by atoms with E-state index in [1.165, 1.54) is 41.4 Å². The van der Waals surface area contributed by atoms with Crippen molar-refractivity contribution in [1.29, 1.82) is 10.7 Å². The third kappa shape index (κ3) is 35.8. The Kier molecular flexibility index (Phi) is 41.1. The highest BCUT2D eigenvalue weighted by Gasteiger charge is 2.09. The van der Waals surface area contributed by atoms with E-state index in [4.69, 9.17) is 126 Å². The van der Waals surface area contributed by atoms with Crippen LogP contribution in [0.2, 0.25) is 25.1 Å². The fourth-order valence-corrected chi connectivity index (χ4v) is 9.24. The van der Waals surface area contributed by atoms with Crippen LogP contribution in [-0.4, -0.2) is 81.7 Å². The summed E-state index contributed by atoms with van der Waals surface area (Å²) in [4.78, 5) is 41.3. The summed E-state index contributed by atoms with van der Waals surface area (Å²) in [6.45, 7) is 7.07. The van der Waals surface area contributed by atoms with Crippen LogP contribution in [0.25, 0.3) is 29.0 Å². The normalized spacial score (nSPS) is 9.85. The zero-order chi connectivity index (χ0) is 80.9. The minimum absolute atomic E-state index is 0.112. The number of thioether (sulfide) groups is 1. The van der Waals surface area contributed by atoms with E-state index in [1.807, 2.05) is 151 Å². The molecule has 0 aliphatic carbocycles. The summed E-state index contributed by atoms with van der Waals surface area (Å²) < 4.78 is 39.3. The van der Waals surface area contributed by atoms with Crippen LogP contribution >= 0.6 is 105 Å².